The predicted molar refractivity (Wildman–Crippen MR) is 10.8 cm³/mol. The van der Waals surface area contributed by atoms with E-state index in [0.29, 0.717) is 0 Å². The fourth-order valence-electron chi connectivity index (χ4n) is 0. The second kappa shape index (κ2) is 20.2. The maximum atomic E-state index is 0. The Morgan fingerprint density at radius 2 is 1.00 bits per heavy atom. The molecule has 0 aliphatic rings. The van der Waals surface area contributed by atoms with Crippen LogP contribution in [0.2, 0.25) is 0 Å². The molecule has 4 heteroatoms. The average molecular weight is 160 g/mol. The van der Waals surface area contributed by atoms with Crippen molar-refractivity contribution in [2.75, 3.05) is 0 Å². The summed E-state index contributed by atoms with van der Waals surface area (Å²) < 4.78 is 0. The molecular weight excluding hydrogens is 157 g/mol. The van der Waals surface area contributed by atoms with Crippen LogP contribution in [0.4, 0.5) is 0 Å². The third-order valence-electron chi connectivity index (χ3n) is 0. The van der Waals surface area contributed by atoms with E-state index in [1.165, 1.54) is 0 Å². The SMILES string of the molecule is O.[Co].[NaH].[Ni]. The summed E-state index contributed by atoms with van der Waals surface area (Å²) in [4.78, 5) is 0. The van der Waals surface area contributed by atoms with Crippen LogP contribution in [-0.4, -0.2) is 35.0 Å². The van der Waals surface area contributed by atoms with Gasteiger partial charge < -0.3 is 5.48 Å². The summed E-state index contributed by atoms with van der Waals surface area (Å²) in [5, 5.41) is 0. The number of hydrogen-bond acceptors (Lipinski definition) is 0. The Labute approximate surface area is 67.6 Å². The molecule has 0 aromatic rings. The third-order valence-corrected chi connectivity index (χ3v) is 0. The first-order valence-electron chi connectivity index (χ1n) is 0. The quantitative estimate of drug-likeness (QED) is 0.387. The van der Waals surface area contributed by atoms with Gasteiger partial charge in [0.05, 0.1) is 0 Å². The Morgan fingerprint density at radius 3 is 1.00 bits per heavy atom. The minimum atomic E-state index is 0. The first-order valence-corrected chi connectivity index (χ1v) is 0. The van der Waals surface area contributed by atoms with Crippen molar-refractivity contribution >= 4 is 29.6 Å². The first-order chi connectivity index (χ1) is 0. The number of rotatable bonds is 0. The summed E-state index contributed by atoms with van der Waals surface area (Å²) in [7, 11) is 0. The minimum Gasteiger partial charge on any atom is 0 e. The summed E-state index contributed by atoms with van der Waals surface area (Å²) >= 11 is 0. The van der Waals surface area contributed by atoms with Gasteiger partial charge in [-0.2, -0.15) is 0 Å². The molecule has 1 radical (unpaired) electrons. The van der Waals surface area contributed by atoms with Crippen molar-refractivity contribution in [3.63, 3.8) is 0 Å². The Balaban J connectivity index is 0. The summed E-state index contributed by atoms with van der Waals surface area (Å²) in [6.07, 6.45) is 0. The van der Waals surface area contributed by atoms with Crippen LogP contribution < -0.4 is 0 Å². The van der Waals surface area contributed by atoms with E-state index >= 15 is 0 Å². The van der Waals surface area contributed by atoms with Crippen molar-refractivity contribution < 1.29 is 38.7 Å². The fraction of sp³-hybridized carbons (Fsp3) is 0. The van der Waals surface area contributed by atoms with Crippen LogP contribution in [0, 0.1) is 0 Å². The van der Waals surface area contributed by atoms with E-state index in [1.807, 2.05) is 0 Å². The molecule has 0 bridgehead atoms. The average Bonchev–Trinajstić information content (AvgIpc) is 0. The van der Waals surface area contributed by atoms with E-state index < -0.39 is 0 Å². The van der Waals surface area contributed by atoms with Gasteiger partial charge in [0.1, 0.15) is 0 Å². The molecule has 4 heavy (non-hydrogen) atoms. The molecule has 0 heterocycles. The largest absolute Gasteiger partial charge is 0 e. The van der Waals surface area contributed by atoms with E-state index in [-0.39, 0.29) is 68.3 Å². The van der Waals surface area contributed by atoms with Crippen LogP contribution >= 0.6 is 0 Å². The van der Waals surface area contributed by atoms with Gasteiger partial charge in [0.2, 0.25) is 0 Å². The van der Waals surface area contributed by atoms with Crippen molar-refractivity contribution in [1.82, 2.24) is 0 Å². The van der Waals surface area contributed by atoms with Crippen LogP contribution in [-0.2, 0) is 33.3 Å². The van der Waals surface area contributed by atoms with Gasteiger partial charge in [-0.25, -0.2) is 0 Å². The zero-order valence-electron chi connectivity index (χ0n) is 1.15. The second-order valence-corrected chi connectivity index (χ2v) is 0. The van der Waals surface area contributed by atoms with Crippen molar-refractivity contribution in [2.45, 2.75) is 0 Å². The molecule has 0 aromatic carbocycles. The normalized spacial score (nSPS) is 0. The smallest absolute Gasteiger partial charge is 0 e. The molecule has 29 valence electrons. The van der Waals surface area contributed by atoms with Gasteiger partial charge in [-0.1, -0.05) is 0 Å². The van der Waals surface area contributed by atoms with Crippen LogP contribution in [0.5, 0.6) is 0 Å². The first kappa shape index (κ1) is 38.2. The van der Waals surface area contributed by atoms with Gasteiger partial charge in [-0.3, -0.25) is 0 Å². The van der Waals surface area contributed by atoms with Gasteiger partial charge in [0.15, 0.2) is 0 Å². The zero-order chi connectivity index (χ0) is 0. The van der Waals surface area contributed by atoms with Crippen LogP contribution in [0.1, 0.15) is 0 Å². The van der Waals surface area contributed by atoms with Crippen molar-refractivity contribution in [2.24, 2.45) is 0 Å². The molecule has 0 saturated carbocycles. The van der Waals surface area contributed by atoms with E-state index in [9.17, 15) is 0 Å². The summed E-state index contributed by atoms with van der Waals surface area (Å²) in [6, 6.07) is 0. The molecule has 0 unspecified atom stereocenters. The minimum absolute atomic E-state index is 0. The molecule has 0 aliphatic heterocycles. The summed E-state index contributed by atoms with van der Waals surface area (Å²) in [5.74, 6) is 0. The summed E-state index contributed by atoms with van der Waals surface area (Å²) in [5.41, 5.74) is 0. The fourth-order valence-corrected chi connectivity index (χ4v) is 0. The van der Waals surface area contributed by atoms with Gasteiger partial charge in [0, 0.05) is 33.3 Å². The molecule has 0 rings (SSSR count). The molecule has 0 amide bonds. The maximum absolute atomic E-state index is 0. The molecule has 0 aromatic heterocycles. The van der Waals surface area contributed by atoms with Crippen molar-refractivity contribution in [3.05, 3.63) is 0 Å². The molecular formula is H3CoNaNiO. The van der Waals surface area contributed by atoms with Gasteiger partial charge >= 0.3 is 29.6 Å². The van der Waals surface area contributed by atoms with Crippen molar-refractivity contribution in [1.29, 1.82) is 0 Å². The monoisotopic (exact) mass is 159 g/mol. The second-order valence-electron chi connectivity index (χ2n) is 0. The number of hydrogen-bond donors (Lipinski definition) is 0. The summed E-state index contributed by atoms with van der Waals surface area (Å²) in [6.45, 7) is 0. The van der Waals surface area contributed by atoms with Gasteiger partial charge in [-0.05, 0) is 0 Å². The topological polar surface area (TPSA) is 31.5 Å². The Hall–Kier alpha value is 1.96. The Morgan fingerprint density at radius 1 is 1.00 bits per heavy atom. The molecule has 0 fully saturated rings. The Kier molecular flexibility index (Phi) is 193. The van der Waals surface area contributed by atoms with E-state index in [1.54, 1.807) is 0 Å². The third kappa shape index (κ3) is 9.03. The maximum Gasteiger partial charge on any atom is 0 e. The molecule has 0 aliphatic carbocycles. The zero-order valence-corrected chi connectivity index (χ0v) is 3.18. The Bertz CT molecular complexity index is 8.00. The van der Waals surface area contributed by atoms with Crippen molar-refractivity contribution in [3.8, 4) is 0 Å². The molecule has 0 spiro atoms. The van der Waals surface area contributed by atoms with Crippen LogP contribution in [0.25, 0.3) is 0 Å². The molecule has 0 saturated heterocycles. The molecule has 0 atom stereocenters. The van der Waals surface area contributed by atoms with Crippen LogP contribution in [0.3, 0.4) is 0 Å². The predicted octanol–water partition coefficient (Wildman–Crippen LogP) is -1.48. The van der Waals surface area contributed by atoms with Gasteiger partial charge in [-0.15, -0.1) is 0 Å². The van der Waals surface area contributed by atoms with E-state index in [2.05, 4.69) is 0 Å². The van der Waals surface area contributed by atoms with Crippen LogP contribution in [0.15, 0.2) is 0 Å². The van der Waals surface area contributed by atoms with Gasteiger partial charge in [0.25, 0.3) is 0 Å². The molecule has 2 N–H and O–H groups in total. The standard InChI is InChI=1S/Co.Na.Ni.H2O.H/h;;;1H2;. The van der Waals surface area contributed by atoms with E-state index in [4.69, 9.17) is 0 Å². The van der Waals surface area contributed by atoms with E-state index in [0.717, 1.165) is 0 Å². The molecule has 1 nitrogen and oxygen atoms in total.